The summed E-state index contributed by atoms with van der Waals surface area (Å²) in [5.41, 5.74) is 2.20. The van der Waals surface area contributed by atoms with E-state index in [0.717, 1.165) is 36.3 Å². The van der Waals surface area contributed by atoms with Crippen molar-refractivity contribution in [2.45, 2.75) is 65.5 Å². The summed E-state index contributed by atoms with van der Waals surface area (Å²) in [5, 5.41) is 9.44. The molecule has 150 valence electrons. The van der Waals surface area contributed by atoms with Crippen molar-refractivity contribution in [1.82, 2.24) is 16.0 Å². The fourth-order valence-corrected chi connectivity index (χ4v) is 3.28. The quantitative estimate of drug-likeness (QED) is 0.483. The predicted molar refractivity (Wildman–Crippen MR) is 110 cm³/mol. The highest BCUT2D eigenvalue weighted by Crippen LogP contribution is 2.21. The first kappa shape index (κ1) is 21.1. The number of aliphatic imine (C=N–C) groups is 1. The van der Waals surface area contributed by atoms with Crippen molar-refractivity contribution in [2.75, 3.05) is 19.7 Å². The fourth-order valence-electron chi connectivity index (χ4n) is 3.28. The van der Waals surface area contributed by atoms with Gasteiger partial charge in [0.1, 0.15) is 5.75 Å². The Morgan fingerprint density at radius 3 is 2.67 bits per heavy atom. The van der Waals surface area contributed by atoms with Crippen molar-refractivity contribution < 1.29 is 9.53 Å². The third kappa shape index (κ3) is 7.49. The number of hydrogen-bond acceptors (Lipinski definition) is 3. The lowest BCUT2D eigenvalue weighted by Gasteiger charge is -2.23. The summed E-state index contributed by atoms with van der Waals surface area (Å²) in [7, 11) is 0. The van der Waals surface area contributed by atoms with Gasteiger partial charge in [-0.3, -0.25) is 4.79 Å². The number of guanidine groups is 1. The van der Waals surface area contributed by atoms with Gasteiger partial charge in [-0.15, -0.1) is 0 Å². The second-order valence-corrected chi connectivity index (χ2v) is 7.00. The number of rotatable bonds is 8. The molecule has 0 atom stereocenters. The molecule has 1 amide bonds. The van der Waals surface area contributed by atoms with Gasteiger partial charge in [0.15, 0.2) is 5.96 Å². The van der Waals surface area contributed by atoms with Crippen LogP contribution in [0.5, 0.6) is 5.75 Å². The van der Waals surface area contributed by atoms with E-state index < -0.39 is 0 Å². The number of benzene rings is 1. The van der Waals surface area contributed by atoms with Crippen molar-refractivity contribution in [2.24, 2.45) is 4.99 Å². The summed E-state index contributed by atoms with van der Waals surface area (Å²) in [4.78, 5) is 16.8. The molecule has 0 spiro atoms. The van der Waals surface area contributed by atoms with E-state index in [1.54, 1.807) is 0 Å². The van der Waals surface area contributed by atoms with E-state index >= 15 is 0 Å². The molecule has 3 N–H and O–H groups in total. The van der Waals surface area contributed by atoms with Crippen LogP contribution in [-0.2, 0) is 11.3 Å². The van der Waals surface area contributed by atoms with Gasteiger partial charge < -0.3 is 20.7 Å². The number of nitrogens with zero attached hydrogens (tertiary/aromatic N) is 1. The summed E-state index contributed by atoms with van der Waals surface area (Å²) in [5.74, 6) is 1.53. The summed E-state index contributed by atoms with van der Waals surface area (Å²) >= 11 is 0. The number of carbonyl (C=O) groups excluding carboxylic acids is 1. The third-order valence-corrected chi connectivity index (χ3v) is 4.66. The number of amides is 1. The smallest absolute Gasteiger partial charge is 0.239 e. The van der Waals surface area contributed by atoms with Gasteiger partial charge in [-0.05, 0) is 45.2 Å². The molecule has 1 aromatic rings. The SMILES string of the molecule is CCNC(=NCc1ccc(C)cc1OCC)NCC(=O)NC1CCCCC1. The van der Waals surface area contributed by atoms with Crippen LogP contribution < -0.4 is 20.7 Å². The Balaban J connectivity index is 1.90. The number of ether oxygens (including phenoxy) is 1. The molecule has 0 aromatic heterocycles. The molecular weight excluding hydrogens is 340 g/mol. The van der Waals surface area contributed by atoms with Crippen LogP contribution in [0.3, 0.4) is 0 Å². The second-order valence-electron chi connectivity index (χ2n) is 7.00. The van der Waals surface area contributed by atoms with Gasteiger partial charge >= 0.3 is 0 Å². The average molecular weight is 375 g/mol. The molecular formula is C21H34N4O2. The van der Waals surface area contributed by atoms with E-state index in [-0.39, 0.29) is 12.5 Å². The third-order valence-electron chi connectivity index (χ3n) is 4.66. The van der Waals surface area contributed by atoms with Crippen LogP contribution in [0.25, 0.3) is 0 Å². The minimum absolute atomic E-state index is 0.0258. The number of nitrogens with one attached hydrogen (secondary N) is 3. The van der Waals surface area contributed by atoms with Crippen LogP contribution in [0.4, 0.5) is 0 Å². The van der Waals surface area contributed by atoms with Crippen LogP contribution in [-0.4, -0.2) is 37.6 Å². The topological polar surface area (TPSA) is 74.8 Å². The lowest BCUT2D eigenvalue weighted by molar-refractivity contribution is -0.120. The van der Waals surface area contributed by atoms with E-state index in [1.165, 1.54) is 19.3 Å². The van der Waals surface area contributed by atoms with Gasteiger partial charge in [0.25, 0.3) is 0 Å². The zero-order chi connectivity index (χ0) is 19.5. The van der Waals surface area contributed by atoms with Crippen LogP contribution in [0.1, 0.15) is 57.1 Å². The Labute approximate surface area is 163 Å². The first-order chi connectivity index (χ1) is 13.1. The van der Waals surface area contributed by atoms with Gasteiger partial charge in [0, 0.05) is 18.2 Å². The molecule has 0 saturated heterocycles. The highest BCUT2D eigenvalue weighted by molar-refractivity contribution is 5.86. The van der Waals surface area contributed by atoms with Crippen molar-refractivity contribution in [3.63, 3.8) is 0 Å². The largest absolute Gasteiger partial charge is 0.494 e. The summed E-state index contributed by atoms with van der Waals surface area (Å²) in [6.07, 6.45) is 5.88. The molecule has 6 nitrogen and oxygen atoms in total. The lowest BCUT2D eigenvalue weighted by atomic mass is 9.95. The van der Waals surface area contributed by atoms with E-state index in [9.17, 15) is 4.79 Å². The maximum absolute atomic E-state index is 12.2. The van der Waals surface area contributed by atoms with Gasteiger partial charge in [-0.2, -0.15) is 0 Å². The minimum atomic E-state index is 0.0258. The highest BCUT2D eigenvalue weighted by atomic mass is 16.5. The van der Waals surface area contributed by atoms with Crippen LogP contribution in [0, 0.1) is 6.92 Å². The molecule has 0 radical (unpaired) electrons. The van der Waals surface area contributed by atoms with Crippen LogP contribution in [0.2, 0.25) is 0 Å². The first-order valence-electron chi connectivity index (χ1n) is 10.2. The molecule has 0 unspecified atom stereocenters. The fraction of sp³-hybridized carbons (Fsp3) is 0.619. The van der Waals surface area contributed by atoms with Gasteiger partial charge in [-0.25, -0.2) is 4.99 Å². The normalized spacial score (nSPS) is 15.3. The molecule has 27 heavy (non-hydrogen) atoms. The first-order valence-corrected chi connectivity index (χ1v) is 10.2. The van der Waals surface area contributed by atoms with E-state index in [2.05, 4.69) is 27.0 Å². The predicted octanol–water partition coefficient (Wildman–Crippen LogP) is 2.90. The van der Waals surface area contributed by atoms with Gasteiger partial charge in [-0.1, -0.05) is 31.4 Å². The van der Waals surface area contributed by atoms with Crippen LogP contribution >= 0.6 is 0 Å². The van der Waals surface area contributed by atoms with E-state index in [4.69, 9.17) is 4.74 Å². The molecule has 6 heteroatoms. The second kappa shape index (κ2) is 11.5. The standard InChI is InChI=1S/C21H34N4O2/c1-4-22-21(24-15-20(26)25-18-9-7-6-8-10-18)23-14-17-12-11-16(3)13-19(17)27-5-2/h11-13,18H,4-10,14-15H2,1-3H3,(H,25,26)(H2,22,23,24). The summed E-state index contributed by atoms with van der Waals surface area (Å²) in [6.45, 7) is 8.13. The Bertz CT molecular complexity index is 625. The molecule has 0 heterocycles. The molecule has 0 bridgehead atoms. The Hall–Kier alpha value is -2.24. The minimum Gasteiger partial charge on any atom is -0.494 e. The summed E-state index contributed by atoms with van der Waals surface area (Å²) < 4.78 is 5.72. The monoisotopic (exact) mass is 374 g/mol. The zero-order valence-corrected chi connectivity index (χ0v) is 16.9. The molecule has 1 aliphatic rings. The van der Waals surface area contributed by atoms with Gasteiger partial charge in [0.2, 0.25) is 5.91 Å². The summed E-state index contributed by atoms with van der Waals surface area (Å²) in [6, 6.07) is 6.47. The highest BCUT2D eigenvalue weighted by Gasteiger charge is 2.15. The number of aryl methyl sites for hydroxylation is 1. The van der Waals surface area contributed by atoms with Gasteiger partial charge in [0.05, 0.1) is 19.7 Å². The van der Waals surface area contributed by atoms with Crippen LogP contribution in [0.15, 0.2) is 23.2 Å². The Morgan fingerprint density at radius 1 is 1.19 bits per heavy atom. The maximum atomic E-state index is 12.2. The molecule has 0 aliphatic heterocycles. The van der Waals surface area contributed by atoms with Crippen molar-refractivity contribution in [3.05, 3.63) is 29.3 Å². The molecule has 2 rings (SSSR count). The number of hydrogen-bond donors (Lipinski definition) is 3. The molecule has 1 aliphatic carbocycles. The van der Waals surface area contributed by atoms with Crippen molar-refractivity contribution in [3.8, 4) is 5.75 Å². The molecule has 1 fully saturated rings. The van der Waals surface area contributed by atoms with E-state index in [1.807, 2.05) is 32.9 Å². The number of carbonyl (C=O) groups is 1. The molecule has 1 saturated carbocycles. The molecule has 1 aromatic carbocycles. The van der Waals surface area contributed by atoms with Crippen molar-refractivity contribution in [1.29, 1.82) is 0 Å². The lowest BCUT2D eigenvalue weighted by Crippen LogP contribution is -2.46. The maximum Gasteiger partial charge on any atom is 0.239 e. The van der Waals surface area contributed by atoms with Crippen molar-refractivity contribution >= 4 is 11.9 Å². The Kier molecular flexibility index (Phi) is 8.95. The Morgan fingerprint density at radius 2 is 1.96 bits per heavy atom. The zero-order valence-electron chi connectivity index (χ0n) is 16.9. The average Bonchev–Trinajstić information content (AvgIpc) is 2.66. The van der Waals surface area contributed by atoms with E-state index in [0.29, 0.717) is 25.2 Å².